The van der Waals surface area contributed by atoms with Gasteiger partial charge in [0.05, 0.1) is 18.6 Å². The molecule has 1 amide bonds. The number of hydrogen-bond acceptors (Lipinski definition) is 5. The van der Waals surface area contributed by atoms with E-state index >= 15 is 0 Å². The maximum atomic E-state index is 12.9. The summed E-state index contributed by atoms with van der Waals surface area (Å²) >= 11 is 0. The van der Waals surface area contributed by atoms with E-state index < -0.39 is 11.5 Å². The third-order valence-corrected chi connectivity index (χ3v) is 6.97. The molecule has 1 fully saturated rings. The molecule has 1 aromatic carbocycles. The molecule has 1 aromatic rings. The summed E-state index contributed by atoms with van der Waals surface area (Å²) in [6.45, 7) is 5.52. The summed E-state index contributed by atoms with van der Waals surface area (Å²) in [5.74, 6) is 1.53. The van der Waals surface area contributed by atoms with E-state index in [9.17, 15) is 9.59 Å². The van der Waals surface area contributed by atoms with Gasteiger partial charge in [0.2, 0.25) is 0 Å². The zero-order chi connectivity index (χ0) is 20.2. The summed E-state index contributed by atoms with van der Waals surface area (Å²) in [5, 5.41) is 0. The van der Waals surface area contributed by atoms with Gasteiger partial charge in [-0.05, 0) is 43.9 Å². The first-order chi connectivity index (χ1) is 14.1. The van der Waals surface area contributed by atoms with Gasteiger partial charge in [-0.25, -0.2) is 4.79 Å². The van der Waals surface area contributed by atoms with E-state index in [2.05, 4.69) is 13.0 Å². The Morgan fingerprint density at radius 3 is 3.00 bits per heavy atom. The number of carbonyl (C=O) groups is 2. The predicted octanol–water partition coefficient (Wildman–Crippen LogP) is 3.41. The van der Waals surface area contributed by atoms with Gasteiger partial charge in [0, 0.05) is 24.1 Å². The summed E-state index contributed by atoms with van der Waals surface area (Å²) in [6, 6.07) is 4.03. The fourth-order valence-corrected chi connectivity index (χ4v) is 5.76. The van der Waals surface area contributed by atoms with Crippen LogP contribution in [0.15, 0.2) is 24.3 Å². The van der Waals surface area contributed by atoms with E-state index in [4.69, 9.17) is 14.2 Å². The van der Waals surface area contributed by atoms with Crippen LogP contribution in [0.1, 0.15) is 44.2 Å². The highest BCUT2D eigenvalue weighted by molar-refractivity contribution is 5.98. The molecule has 2 bridgehead atoms. The fourth-order valence-electron chi connectivity index (χ4n) is 5.76. The molecular formula is C23H27NO5. The van der Waals surface area contributed by atoms with Crippen LogP contribution in [-0.2, 0) is 21.4 Å². The van der Waals surface area contributed by atoms with Crippen LogP contribution in [-0.4, -0.2) is 48.7 Å². The molecule has 6 nitrogen and oxygen atoms in total. The largest absolute Gasteiger partial charge is 0.490 e. The Morgan fingerprint density at radius 2 is 2.21 bits per heavy atom. The van der Waals surface area contributed by atoms with Crippen molar-refractivity contribution in [3.8, 4) is 11.5 Å². The standard InChI is InChI=1S/C23H27NO5/c1-3-5-12-28-18-9-6-14-13-16-15-7-8-17(25)21-23(15,19(14)20(18)29-21)10-11-24(16)22(26)27-4-2/h6-9,15-16,21H,3-5,10-13H2,1-2H3/t15?,16?,21-,23-/m0/s1. The molecule has 0 saturated carbocycles. The molecule has 4 aliphatic rings. The molecule has 2 aliphatic carbocycles. The molecule has 1 spiro atoms. The van der Waals surface area contributed by atoms with Crippen LogP contribution in [0.4, 0.5) is 4.79 Å². The van der Waals surface area contributed by atoms with Gasteiger partial charge in [-0.2, -0.15) is 0 Å². The molecule has 154 valence electrons. The van der Waals surface area contributed by atoms with Gasteiger partial charge in [-0.3, -0.25) is 4.79 Å². The van der Waals surface area contributed by atoms with Crippen LogP contribution in [0.25, 0.3) is 0 Å². The summed E-state index contributed by atoms with van der Waals surface area (Å²) in [4.78, 5) is 27.3. The molecule has 6 heteroatoms. The number of rotatable bonds is 5. The lowest BCUT2D eigenvalue weighted by Crippen LogP contribution is -2.65. The third kappa shape index (κ3) is 2.47. The van der Waals surface area contributed by atoms with Crippen LogP contribution < -0.4 is 9.47 Å². The first-order valence-electron chi connectivity index (χ1n) is 10.7. The number of benzene rings is 1. The van der Waals surface area contributed by atoms with Crippen molar-refractivity contribution in [1.29, 1.82) is 0 Å². The summed E-state index contributed by atoms with van der Waals surface area (Å²) in [7, 11) is 0. The quantitative estimate of drug-likeness (QED) is 0.713. The van der Waals surface area contributed by atoms with Crippen molar-refractivity contribution in [2.24, 2.45) is 5.92 Å². The van der Waals surface area contributed by atoms with Crippen molar-refractivity contribution in [2.75, 3.05) is 19.8 Å². The number of ketones is 1. The summed E-state index contributed by atoms with van der Waals surface area (Å²) in [6.07, 6.45) is 6.30. The monoisotopic (exact) mass is 397 g/mol. The zero-order valence-corrected chi connectivity index (χ0v) is 17.0. The van der Waals surface area contributed by atoms with E-state index in [0.29, 0.717) is 26.2 Å². The maximum Gasteiger partial charge on any atom is 0.410 e. The maximum absolute atomic E-state index is 12.9. The highest BCUT2D eigenvalue weighted by Gasteiger charge is 2.65. The zero-order valence-electron chi connectivity index (χ0n) is 17.0. The number of likely N-dealkylation sites (tertiary alicyclic amines) is 1. The average Bonchev–Trinajstić information content (AvgIpc) is 3.06. The van der Waals surface area contributed by atoms with Crippen LogP contribution in [0.2, 0.25) is 0 Å². The highest BCUT2D eigenvalue weighted by atomic mass is 16.6. The van der Waals surface area contributed by atoms with E-state index in [1.54, 1.807) is 6.08 Å². The minimum Gasteiger partial charge on any atom is -0.490 e. The Balaban J connectivity index is 1.60. The van der Waals surface area contributed by atoms with Crippen molar-refractivity contribution >= 4 is 11.9 Å². The Morgan fingerprint density at radius 1 is 1.34 bits per heavy atom. The van der Waals surface area contributed by atoms with Crippen LogP contribution in [0, 0.1) is 5.92 Å². The second kappa shape index (κ2) is 6.78. The van der Waals surface area contributed by atoms with Gasteiger partial charge in [0.1, 0.15) is 0 Å². The number of piperidine rings is 1. The van der Waals surface area contributed by atoms with E-state index in [1.807, 2.05) is 24.0 Å². The Labute approximate surface area is 170 Å². The first kappa shape index (κ1) is 18.5. The summed E-state index contributed by atoms with van der Waals surface area (Å²) in [5.41, 5.74) is 1.88. The van der Waals surface area contributed by atoms with Gasteiger partial charge in [0.25, 0.3) is 0 Å². The van der Waals surface area contributed by atoms with E-state index in [1.165, 1.54) is 0 Å². The summed E-state index contributed by atoms with van der Waals surface area (Å²) < 4.78 is 17.7. The van der Waals surface area contributed by atoms with Gasteiger partial charge in [0.15, 0.2) is 23.4 Å². The highest BCUT2D eigenvalue weighted by Crippen LogP contribution is 2.62. The van der Waals surface area contributed by atoms with Gasteiger partial charge in [-0.15, -0.1) is 0 Å². The number of hydrogen-bond donors (Lipinski definition) is 0. The molecule has 2 unspecified atom stereocenters. The fraction of sp³-hybridized carbons (Fsp3) is 0.565. The number of ether oxygens (including phenoxy) is 3. The third-order valence-electron chi connectivity index (χ3n) is 6.97. The van der Waals surface area contributed by atoms with Crippen molar-refractivity contribution in [2.45, 2.75) is 57.1 Å². The van der Waals surface area contributed by atoms with Crippen LogP contribution in [0.5, 0.6) is 11.5 Å². The molecule has 5 rings (SSSR count). The Hall–Kier alpha value is -2.50. The lowest BCUT2D eigenvalue weighted by Gasteiger charge is -2.55. The normalized spacial score (nSPS) is 30.6. The lowest BCUT2D eigenvalue weighted by atomic mass is 9.53. The minimum atomic E-state index is -0.533. The minimum absolute atomic E-state index is 0.00754. The molecular weight excluding hydrogens is 370 g/mol. The molecule has 0 N–H and O–H groups in total. The Kier molecular flexibility index (Phi) is 4.33. The van der Waals surface area contributed by atoms with Gasteiger partial charge < -0.3 is 19.1 Å². The van der Waals surface area contributed by atoms with Crippen molar-refractivity contribution in [1.82, 2.24) is 4.90 Å². The SMILES string of the molecule is CCCCOc1ccc2c3c1O[C@H]1C(=O)C=CC4C(C2)N(C(=O)OCC)CC[C@@]341. The van der Waals surface area contributed by atoms with Crippen LogP contribution >= 0.6 is 0 Å². The van der Waals surface area contributed by atoms with Gasteiger partial charge >= 0.3 is 6.09 Å². The number of amides is 1. The van der Waals surface area contributed by atoms with Crippen molar-refractivity contribution in [3.05, 3.63) is 35.4 Å². The first-order valence-corrected chi connectivity index (χ1v) is 10.7. The number of nitrogens with zero attached hydrogens (tertiary/aromatic N) is 1. The molecule has 0 aromatic heterocycles. The molecule has 2 heterocycles. The molecule has 0 radical (unpaired) electrons. The number of unbranched alkanes of at least 4 members (excludes halogenated alkanes) is 1. The second-order valence-electron chi connectivity index (χ2n) is 8.37. The van der Waals surface area contributed by atoms with Gasteiger partial charge in [-0.1, -0.05) is 25.5 Å². The topological polar surface area (TPSA) is 65.1 Å². The molecule has 4 atom stereocenters. The Bertz CT molecular complexity index is 893. The smallest absolute Gasteiger partial charge is 0.410 e. The molecule has 29 heavy (non-hydrogen) atoms. The van der Waals surface area contributed by atoms with Crippen LogP contribution in [0.3, 0.4) is 0 Å². The van der Waals surface area contributed by atoms with E-state index in [-0.39, 0.29) is 23.8 Å². The number of carbonyl (C=O) groups excluding carboxylic acids is 2. The molecule has 2 aliphatic heterocycles. The molecule has 1 saturated heterocycles. The van der Waals surface area contributed by atoms with E-state index in [0.717, 1.165) is 41.9 Å². The predicted molar refractivity (Wildman–Crippen MR) is 106 cm³/mol. The van der Waals surface area contributed by atoms with Crippen molar-refractivity contribution in [3.63, 3.8) is 0 Å². The lowest BCUT2D eigenvalue weighted by molar-refractivity contribution is -0.127. The second-order valence-corrected chi connectivity index (χ2v) is 8.37. The van der Waals surface area contributed by atoms with Crippen molar-refractivity contribution < 1.29 is 23.8 Å². The average molecular weight is 397 g/mol.